The molecule has 0 spiro atoms. The van der Waals surface area contributed by atoms with Crippen molar-refractivity contribution >= 4 is 28.9 Å². The lowest BCUT2D eigenvalue weighted by Crippen LogP contribution is -1.90. The number of nitrogens with zero attached hydrogens (tertiary/aromatic N) is 2. The summed E-state index contributed by atoms with van der Waals surface area (Å²) in [5, 5.41) is 13.4. The Hall–Kier alpha value is -3.14. The van der Waals surface area contributed by atoms with Gasteiger partial charge in [0.2, 0.25) is 0 Å². The van der Waals surface area contributed by atoms with Crippen LogP contribution in [0.15, 0.2) is 60.8 Å². The molecule has 0 saturated heterocycles. The molecule has 2 aromatic heterocycles. The van der Waals surface area contributed by atoms with Crippen molar-refractivity contribution in [1.29, 1.82) is 0 Å². The first-order valence-electron chi connectivity index (χ1n) is 7.33. The number of fused-ring (bicyclic) bond motifs is 1. The van der Waals surface area contributed by atoms with Crippen LogP contribution in [0.25, 0.3) is 23.1 Å². The zero-order valence-corrected chi connectivity index (χ0v) is 12.8. The van der Waals surface area contributed by atoms with Gasteiger partial charge in [0.25, 0.3) is 0 Å². The van der Waals surface area contributed by atoms with Gasteiger partial charge in [-0.3, -0.25) is 0 Å². The van der Waals surface area contributed by atoms with Crippen LogP contribution in [0.3, 0.4) is 0 Å². The molecular formula is C19H17N3O. The summed E-state index contributed by atoms with van der Waals surface area (Å²) in [6.07, 6.45) is 9.65. The van der Waals surface area contributed by atoms with Crippen LogP contribution in [-0.4, -0.2) is 22.1 Å². The standard InChI is InChI=1S/C19H17N3O/c1-20-19-11-6-14(13-21-19)4-2-3-5-16-8-7-15-12-17(23)9-10-18(15)22-16/h2-13,23H,1H3,(H,20,21)/b4-2+,5-3+/i1-1. The number of benzene rings is 1. The monoisotopic (exact) mass is 302 g/mol. The number of pyridine rings is 2. The summed E-state index contributed by atoms with van der Waals surface area (Å²) in [6.45, 7) is 0. The molecule has 23 heavy (non-hydrogen) atoms. The van der Waals surface area contributed by atoms with Crippen molar-refractivity contribution in [2.45, 2.75) is 0 Å². The van der Waals surface area contributed by atoms with Crippen molar-refractivity contribution in [3.63, 3.8) is 0 Å². The molecule has 0 saturated carbocycles. The van der Waals surface area contributed by atoms with Crippen LogP contribution in [0, 0.1) is 0 Å². The predicted molar refractivity (Wildman–Crippen MR) is 95.3 cm³/mol. The minimum absolute atomic E-state index is 0.253. The first-order valence-corrected chi connectivity index (χ1v) is 7.33. The summed E-state index contributed by atoms with van der Waals surface area (Å²) < 4.78 is 0. The van der Waals surface area contributed by atoms with Crippen molar-refractivity contribution < 1.29 is 5.11 Å². The van der Waals surface area contributed by atoms with E-state index in [2.05, 4.69) is 15.3 Å². The average Bonchev–Trinajstić information content (AvgIpc) is 2.59. The zero-order chi connectivity index (χ0) is 16.1. The Balaban J connectivity index is 1.71. The second-order valence-corrected chi connectivity index (χ2v) is 5.06. The number of hydrogen-bond acceptors (Lipinski definition) is 4. The molecule has 0 aliphatic rings. The number of aromatic nitrogens is 2. The van der Waals surface area contributed by atoms with Crippen LogP contribution in [0.1, 0.15) is 11.3 Å². The van der Waals surface area contributed by atoms with Crippen LogP contribution in [-0.2, 0) is 0 Å². The van der Waals surface area contributed by atoms with Crippen LogP contribution >= 0.6 is 0 Å². The number of aromatic hydroxyl groups is 1. The highest BCUT2D eigenvalue weighted by Crippen LogP contribution is 2.19. The molecule has 0 aliphatic heterocycles. The third-order valence-corrected chi connectivity index (χ3v) is 3.40. The lowest BCUT2D eigenvalue weighted by atomic mass is 10.2. The summed E-state index contributed by atoms with van der Waals surface area (Å²) in [7, 11) is 1.85. The SMILES string of the molecule is [11CH3]Nc1ccc(/C=C/C=C/c2ccc3cc(O)ccc3n2)cn1. The van der Waals surface area contributed by atoms with E-state index in [1.807, 2.05) is 67.9 Å². The molecule has 3 rings (SSSR count). The van der Waals surface area contributed by atoms with Gasteiger partial charge in [-0.2, -0.15) is 0 Å². The molecule has 0 bridgehead atoms. The van der Waals surface area contributed by atoms with Gasteiger partial charge >= 0.3 is 0 Å². The summed E-state index contributed by atoms with van der Waals surface area (Å²) in [5.41, 5.74) is 2.77. The maximum Gasteiger partial charge on any atom is 0.125 e. The highest BCUT2D eigenvalue weighted by atomic mass is 16.3. The van der Waals surface area contributed by atoms with Gasteiger partial charge in [0.05, 0.1) is 11.2 Å². The Labute approximate surface area is 134 Å². The van der Waals surface area contributed by atoms with Gasteiger partial charge in [-0.15, -0.1) is 0 Å². The number of hydrogen-bond donors (Lipinski definition) is 2. The van der Waals surface area contributed by atoms with E-state index in [-0.39, 0.29) is 5.75 Å². The fourth-order valence-corrected chi connectivity index (χ4v) is 2.19. The Morgan fingerprint density at radius 2 is 1.87 bits per heavy atom. The molecule has 0 atom stereocenters. The lowest BCUT2D eigenvalue weighted by molar-refractivity contribution is 0.476. The van der Waals surface area contributed by atoms with E-state index in [0.717, 1.165) is 28.0 Å². The van der Waals surface area contributed by atoms with Crippen LogP contribution in [0.2, 0.25) is 0 Å². The lowest BCUT2D eigenvalue weighted by Gasteiger charge is -1.99. The minimum atomic E-state index is 0.253. The molecule has 2 N–H and O–H groups in total. The molecule has 2 heterocycles. The molecule has 1 aromatic carbocycles. The van der Waals surface area contributed by atoms with Gasteiger partial charge in [0.15, 0.2) is 0 Å². The Bertz CT molecular complexity index is 867. The average molecular weight is 302 g/mol. The number of anilines is 1. The number of allylic oxidation sites excluding steroid dienone is 2. The highest BCUT2D eigenvalue weighted by Gasteiger charge is 1.97. The third kappa shape index (κ3) is 3.74. The van der Waals surface area contributed by atoms with Gasteiger partial charge in [-0.25, -0.2) is 9.97 Å². The fourth-order valence-electron chi connectivity index (χ4n) is 2.19. The van der Waals surface area contributed by atoms with Gasteiger partial charge in [0.1, 0.15) is 11.6 Å². The van der Waals surface area contributed by atoms with Crippen LogP contribution in [0.5, 0.6) is 5.75 Å². The second kappa shape index (κ2) is 6.75. The Morgan fingerprint density at radius 1 is 1.00 bits per heavy atom. The van der Waals surface area contributed by atoms with E-state index in [9.17, 15) is 5.11 Å². The molecule has 4 nitrogen and oxygen atoms in total. The summed E-state index contributed by atoms with van der Waals surface area (Å²) in [5.74, 6) is 1.10. The van der Waals surface area contributed by atoms with E-state index in [4.69, 9.17) is 0 Å². The van der Waals surface area contributed by atoms with Gasteiger partial charge in [0, 0.05) is 18.6 Å². The van der Waals surface area contributed by atoms with Crippen molar-refractivity contribution in [2.24, 2.45) is 0 Å². The van der Waals surface area contributed by atoms with E-state index >= 15 is 0 Å². The van der Waals surface area contributed by atoms with E-state index in [1.54, 1.807) is 12.1 Å². The van der Waals surface area contributed by atoms with Crippen molar-refractivity contribution in [1.82, 2.24) is 9.97 Å². The summed E-state index contributed by atoms with van der Waals surface area (Å²) in [4.78, 5) is 8.79. The van der Waals surface area contributed by atoms with E-state index in [0.29, 0.717) is 0 Å². The van der Waals surface area contributed by atoms with Crippen LogP contribution < -0.4 is 5.32 Å². The molecule has 0 fully saturated rings. The molecule has 4 heteroatoms. The maximum absolute atomic E-state index is 9.45. The van der Waals surface area contributed by atoms with E-state index in [1.165, 1.54) is 0 Å². The van der Waals surface area contributed by atoms with Crippen molar-refractivity contribution in [3.8, 4) is 5.75 Å². The number of phenolic OH excluding ortho intramolecular Hbond substituents is 1. The maximum atomic E-state index is 9.45. The van der Waals surface area contributed by atoms with Gasteiger partial charge in [-0.1, -0.05) is 24.3 Å². The highest BCUT2D eigenvalue weighted by molar-refractivity contribution is 5.81. The number of phenols is 1. The number of rotatable bonds is 4. The molecule has 0 unspecified atom stereocenters. The third-order valence-electron chi connectivity index (χ3n) is 3.40. The molecule has 0 amide bonds. The Morgan fingerprint density at radius 3 is 2.65 bits per heavy atom. The topological polar surface area (TPSA) is 58.0 Å². The number of nitrogens with one attached hydrogen (secondary N) is 1. The minimum Gasteiger partial charge on any atom is -0.508 e. The quantitative estimate of drug-likeness (QED) is 0.712. The fraction of sp³-hybridized carbons (Fsp3) is 0.0526. The summed E-state index contributed by atoms with van der Waals surface area (Å²) >= 11 is 0. The van der Waals surface area contributed by atoms with Gasteiger partial charge in [-0.05, 0) is 48.0 Å². The summed E-state index contributed by atoms with van der Waals surface area (Å²) in [6, 6.07) is 13.0. The van der Waals surface area contributed by atoms with Crippen molar-refractivity contribution in [2.75, 3.05) is 12.4 Å². The second-order valence-electron chi connectivity index (χ2n) is 5.06. The Kier molecular flexibility index (Phi) is 4.34. The molecule has 114 valence electrons. The first kappa shape index (κ1) is 14.8. The normalized spacial score (nSPS) is 11.5. The molecule has 0 radical (unpaired) electrons. The van der Waals surface area contributed by atoms with Crippen molar-refractivity contribution in [3.05, 3.63) is 72.1 Å². The van der Waals surface area contributed by atoms with E-state index < -0.39 is 0 Å². The van der Waals surface area contributed by atoms with Crippen LogP contribution in [0.4, 0.5) is 5.82 Å². The molecule has 0 aliphatic carbocycles. The predicted octanol–water partition coefficient (Wildman–Crippen LogP) is 4.10. The largest absolute Gasteiger partial charge is 0.508 e. The first-order chi connectivity index (χ1) is 11.2. The smallest absolute Gasteiger partial charge is 0.125 e. The zero-order valence-electron chi connectivity index (χ0n) is 12.8. The molecule has 3 aromatic rings. The van der Waals surface area contributed by atoms with Gasteiger partial charge < -0.3 is 10.4 Å². The molecular weight excluding hydrogens is 285 g/mol.